The molecule has 0 N–H and O–H groups in total. The van der Waals surface area contributed by atoms with Gasteiger partial charge in [0.05, 0.1) is 13.7 Å². The highest BCUT2D eigenvalue weighted by atomic mass is 79.9. The Bertz CT molecular complexity index is 943. The maximum atomic E-state index is 12.7. The Labute approximate surface area is 184 Å². The molecule has 2 aromatic carbocycles. The molecule has 0 spiro atoms. The second kappa shape index (κ2) is 9.76. The number of nitrogens with zero attached hydrogens (tertiary/aromatic N) is 2. The third-order valence-electron chi connectivity index (χ3n) is 5.11. The van der Waals surface area contributed by atoms with Crippen LogP contribution < -0.4 is 26.3 Å². The van der Waals surface area contributed by atoms with Crippen molar-refractivity contribution in [3.63, 3.8) is 0 Å². The molecule has 0 radical (unpaired) electrons. The van der Waals surface area contributed by atoms with Gasteiger partial charge in [-0.15, -0.1) is 0 Å². The minimum absolute atomic E-state index is 0. The number of ether oxygens (including phenoxy) is 1. The van der Waals surface area contributed by atoms with Crippen LogP contribution in [0.5, 0.6) is 5.75 Å². The molecule has 0 amide bonds. The maximum absolute atomic E-state index is 12.7. The normalized spacial score (nSPS) is 13.5. The van der Waals surface area contributed by atoms with E-state index in [1.807, 2.05) is 24.3 Å². The van der Waals surface area contributed by atoms with Crippen molar-refractivity contribution in [1.29, 1.82) is 0 Å². The third-order valence-corrected chi connectivity index (χ3v) is 5.84. The van der Waals surface area contributed by atoms with E-state index < -0.39 is 5.76 Å². The van der Waals surface area contributed by atoms with Crippen molar-refractivity contribution in [3.05, 3.63) is 60.6 Å². The Kier molecular flexibility index (Phi) is 7.35. The smallest absolute Gasteiger partial charge is 0.288 e. The van der Waals surface area contributed by atoms with Crippen LogP contribution in [0.4, 0.5) is 8.78 Å². The number of benzene rings is 2. The topological polar surface area (TPSA) is 18.0 Å². The van der Waals surface area contributed by atoms with E-state index >= 15 is 0 Å². The van der Waals surface area contributed by atoms with Crippen LogP contribution in [0.25, 0.3) is 16.9 Å². The molecule has 4 rings (SSSR count). The minimum atomic E-state index is -2.40. The summed E-state index contributed by atoms with van der Waals surface area (Å²) in [6.45, 7) is 1.00. The summed E-state index contributed by atoms with van der Waals surface area (Å²) in [7, 11) is 1.66. The van der Waals surface area contributed by atoms with E-state index in [4.69, 9.17) is 4.74 Å². The van der Waals surface area contributed by atoms with Crippen molar-refractivity contribution in [2.75, 3.05) is 7.11 Å². The molecule has 0 bridgehead atoms. The lowest BCUT2D eigenvalue weighted by Crippen LogP contribution is -3.00. The Morgan fingerprint density at radius 3 is 2.38 bits per heavy atom. The van der Waals surface area contributed by atoms with E-state index in [-0.39, 0.29) is 17.0 Å². The van der Waals surface area contributed by atoms with Crippen LogP contribution in [0.2, 0.25) is 0 Å². The van der Waals surface area contributed by atoms with Gasteiger partial charge in [0.25, 0.3) is 11.6 Å². The highest BCUT2D eigenvalue weighted by molar-refractivity contribution is 7.99. The molecule has 154 valence electrons. The number of methoxy groups -OCH3 is 1. The van der Waals surface area contributed by atoms with Crippen molar-refractivity contribution < 1.29 is 35.1 Å². The van der Waals surface area contributed by atoms with Gasteiger partial charge in [0.2, 0.25) is 0 Å². The molecule has 0 saturated carbocycles. The Morgan fingerprint density at radius 2 is 1.72 bits per heavy atom. The van der Waals surface area contributed by atoms with Crippen LogP contribution in [-0.4, -0.2) is 17.4 Å². The Hall–Kier alpha value is -1.86. The first-order chi connectivity index (χ1) is 13.7. The van der Waals surface area contributed by atoms with Crippen molar-refractivity contribution in [2.45, 2.75) is 42.9 Å². The minimum Gasteiger partial charge on any atom is -1.00 e. The lowest BCUT2D eigenvalue weighted by Gasteiger charge is -2.07. The Balaban J connectivity index is 0.00000240. The molecule has 0 saturated heterocycles. The molecule has 0 fully saturated rings. The van der Waals surface area contributed by atoms with Crippen LogP contribution >= 0.6 is 11.8 Å². The largest absolute Gasteiger partial charge is 1.00 e. The number of hydrogen-bond acceptors (Lipinski definition) is 2. The lowest BCUT2D eigenvalue weighted by atomic mass is 10.1. The molecule has 0 atom stereocenters. The van der Waals surface area contributed by atoms with E-state index in [0.717, 1.165) is 42.1 Å². The van der Waals surface area contributed by atoms with Crippen molar-refractivity contribution in [2.24, 2.45) is 0 Å². The van der Waals surface area contributed by atoms with Gasteiger partial charge >= 0.3 is 0 Å². The first-order valence-electron chi connectivity index (χ1n) is 9.49. The first kappa shape index (κ1) is 21.8. The van der Waals surface area contributed by atoms with Gasteiger partial charge < -0.3 is 21.7 Å². The summed E-state index contributed by atoms with van der Waals surface area (Å²) in [6, 6.07) is 15.5. The summed E-state index contributed by atoms with van der Waals surface area (Å²) in [5.41, 5.74) is 3.21. The summed E-state index contributed by atoms with van der Waals surface area (Å²) >= 11 is 0.579. The zero-order chi connectivity index (χ0) is 19.5. The van der Waals surface area contributed by atoms with Crippen LogP contribution in [0.3, 0.4) is 0 Å². The van der Waals surface area contributed by atoms with Gasteiger partial charge in [0.1, 0.15) is 17.6 Å². The predicted molar refractivity (Wildman–Crippen MR) is 107 cm³/mol. The molecule has 0 aliphatic carbocycles. The predicted octanol–water partition coefficient (Wildman–Crippen LogP) is 2.49. The molecule has 1 aliphatic rings. The molecule has 3 aromatic rings. The van der Waals surface area contributed by atoms with Gasteiger partial charge in [0.15, 0.2) is 5.69 Å². The average Bonchev–Trinajstić information content (AvgIpc) is 2.90. The van der Waals surface area contributed by atoms with Gasteiger partial charge in [-0.05, 0) is 67.8 Å². The summed E-state index contributed by atoms with van der Waals surface area (Å²) < 4.78 is 35.2. The third kappa shape index (κ3) is 4.83. The number of imidazole rings is 1. The van der Waals surface area contributed by atoms with Gasteiger partial charge in [0, 0.05) is 16.9 Å². The zero-order valence-electron chi connectivity index (χ0n) is 16.2. The second-order valence-electron chi connectivity index (χ2n) is 6.87. The van der Waals surface area contributed by atoms with Gasteiger partial charge in [-0.25, -0.2) is 4.57 Å². The molecular formula is C22H23BrF2N2OS. The number of fused-ring (bicyclic) bond motifs is 1. The fourth-order valence-corrected chi connectivity index (χ4v) is 4.27. The van der Waals surface area contributed by atoms with E-state index in [9.17, 15) is 8.78 Å². The van der Waals surface area contributed by atoms with Crippen LogP contribution in [-0.2, 0) is 13.0 Å². The van der Waals surface area contributed by atoms with E-state index in [2.05, 4.69) is 27.5 Å². The van der Waals surface area contributed by atoms with E-state index in [1.165, 1.54) is 18.7 Å². The summed E-state index contributed by atoms with van der Waals surface area (Å²) in [5, 5.41) is 0. The van der Waals surface area contributed by atoms with Crippen LogP contribution in [0.1, 0.15) is 25.1 Å². The zero-order valence-corrected chi connectivity index (χ0v) is 18.6. The average molecular weight is 481 g/mol. The molecular weight excluding hydrogens is 458 g/mol. The summed E-state index contributed by atoms with van der Waals surface area (Å²) in [4.78, 5) is 0.579. The van der Waals surface area contributed by atoms with Gasteiger partial charge in [-0.1, -0.05) is 11.8 Å². The second-order valence-corrected chi connectivity index (χ2v) is 7.93. The van der Waals surface area contributed by atoms with E-state index in [0.29, 0.717) is 16.7 Å². The molecule has 0 unspecified atom stereocenters. The quantitative estimate of drug-likeness (QED) is 0.412. The maximum Gasteiger partial charge on any atom is 0.288 e. The van der Waals surface area contributed by atoms with Gasteiger partial charge in [-0.3, -0.25) is 0 Å². The molecule has 7 heteroatoms. The summed E-state index contributed by atoms with van der Waals surface area (Å²) in [6.07, 6.45) is 6.77. The van der Waals surface area contributed by atoms with Crippen LogP contribution in [0, 0.1) is 0 Å². The number of aryl methyl sites for hydroxylation is 1. The number of alkyl halides is 2. The molecule has 29 heavy (non-hydrogen) atoms. The standard InChI is InChI=1S/C22H23F2N2OS.BrH/c1-27-18-10-6-16(7-11-18)20-15-25-14-4-2-3-5-21(25)26(20)17-8-12-19(13-9-17)28-22(23)24;/h6-13,15,22H,2-5,14H2,1H3;1H/q+1;/p-1. The molecule has 3 nitrogen and oxygen atoms in total. The highest BCUT2D eigenvalue weighted by Gasteiger charge is 2.27. The SMILES string of the molecule is COc1ccc(-c2c[n+]3c(n2-c2ccc(SC(F)F)cc2)CCCCC3)cc1.[Br-]. The van der Waals surface area contributed by atoms with E-state index in [1.54, 1.807) is 19.2 Å². The first-order valence-corrected chi connectivity index (χ1v) is 10.4. The molecule has 2 heterocycles. The number of thioether (sulfide) groups is 1. The lowest BCUT2D eigenvalue weighted by molar-refractivity contribution is -0.702. The van der Waals surface area contributed by atoms with Crippen molar-refractivity contribution >= 4 is 11.8 Å². The van der Waals surface area contributed by atoms with Crippen molar-refractivity contribution in [3.8, 4) is 22.7 Å². The fraction of sp³-hybridized carbons (Fsp3) is 0.318. The summed E-state index contributed by atoms with van der Waals surface area (Å²) in [5.74, 6) is -0.318. The number of hydrogen-bond donors (Lipinski definition) is 0. The monoisotopic (exact) mass is 480 g/mol. The van der Waals surface area contributed by atoms with Gasteiger partial charge in [-0.2, -0.15) is 13.3 Å². The molecule has 1 aliphatic heterocycles. The van der Waals surface area contributed by atoms with Crippen molar-refractivity contribution in [1.82, 2.24) is 4.57 Å². The highest BCUT2D eigenvalue weighted by Crippen LogP contribution is 2.30. The Morgan fingerprint density at radius 1 is 1.00 bits per heavy atom. The number of rotatable bonds is 5. The van der Waals surface area contributed by atoms with Crippen LogP contribution in [0.15, 0.2) is 59.6 Å². The number of aromatic nitrogens is 2. The fourth-order valence-electron chi connectivity index (χ4n) is 3.77. The number of halogens is 3. The molecule has 1 aromatic heterocycles.